The van der Waals surface area contributed by atoms with Crippen molar-refractivity contribution in [2.24, 2.45) is 5.73 Å². The van der Waals surface area contributed by atoms with E-state index in [9.17, 15) is 5.11 Å². The van der Waals surface area contributed by atoms with E-state index in [0.717, 1.165) is 24.5 Å². The molecule has 0 aliphatic carbocycles. The Labute approximate surface area is 96.1 Å². The predicted octanol–water partition coefficient (Wildman–Crippen LogP) is 1.06. The number of hydrogen-bond donors (Lipinski definition) is 2. The van der Waals surface area contributed by atoms with Gasteiger partial charge in [0.25, 0.3) is 0 Å². The van der Waals surface area contributed by atoms with Gasteiger partial charge in [0, 0.05) is 24.8 Å². The molecule has 3 N–H and O–H groups in total. The molecule has 1 aromatic heterocycles. The van der Waals surface area contributed by atoms with Crippen molar-refractivity contribution in [1.29, 1.82) is 0 Å². The van der Waals surface area contributed by atoms with Crippen LogP contribution in [-0.2, 0) is 0 Å². The minimum Gasteiger partial charge on any atom is -0.388 e. The first-order chi connectivity index (χ1) is 7.83. The summed E-state index contributed by atoms with van der Waals surface area (Å²) >= 11 is 0. The van der Waals surface area contributed by atoms with Crippen LogP contribution in [0, 0.1) is 0 Å². The first-order valence-electron chi connectivity index (χ1n) is 5.91. The molecule has 0 saturated carbocycles. The highest BCUT2D eigenvalue weighted by molar-refractivity contribution is 5.48. The average Bonchev–Trinajstić information content (AvgIpc) is 2.83. The summed E-state index contributed by atoms with van der Waals surface area (Å²) in [6.07, 6.45) is 4.31. The molecule has 1 aliphatic heterocycles. The third kappa shape index (κ3) is 2.33. The summed E-state index contributed by atoms with van der Waals surface area (Å²) in [5, 5.41) is 10.0. The molecule has 16 heavy (non-hydrogen) atoms. The molecular weight excluding hydrogens is 202 g/mol. The molecule has 88 valence electrons. The number of aliphatic hydroxyl groups is 1. The third-order valence-electron chi connectivity index (χ3n) is 3.02. The maximum atomic E-state index is 10.0. The number of rotatable bonds is 4. The van der Waals surface area contributed by atoms with Crippen LogP contribution in [0.3, 0.4) is 0 Å². The minimum atomic E-state index is -0.491. The van der Waals surface area contributed by atoms with Crippen LogP contribution in [0.15, 0.2) is 18.3 Å². The van der Waals surface area contributed by atoms with E-state index < -0.39 is 6.10 Å². The van der Waals surface area contributed by atoms with E-state index in [4.69, 9.17) is 5.73 Å². The first-order valence-corrected chi connectivity index (χ1v) is 5.91. The van der Waals surface area contributed by atoms with Crippen molar-refractivity contribution < 1.29 is 5.11 Å². The third-order valence-corrected chi connectivity index (χ3v) is 3.02. The van der Waals surface area contributed by atoms with Gasteiger partial charge in [0.15, 0.2) is 0 Å². The Balaban J connectivity index is 2.22. The van der Waals surface area contributed by atoms with Crippen LogP contribution in [0.2, 0.25) is 0 Å². The summed E-state index contributed by atoms with van der Waals surface area (Å²) in [6, 6.07) is 3.82. The van der Waals surface area contributed by atoms with Crippen molar-refractivity contribution in [3.63, 3.8) is 0 Å². The Morgan fingerprint density at radius 3 is 2.88 bits per heavy atom. The Kier molecular flexibility index (Phi) is 3.74. The topological polar surface area (TPSA) is 62.4 Å². The van der Waals surface area contributed by atoms with Gasteiger partial charge < -0.3 is 15.7 Å². The van der Waals surface area contributed by atoms with E-state index in [-0.39, 0.29) is 0 Å². The lowest BCUT2D eigenvalue weighted by Gasteiger charge is -2.22. The van der Waals surface area contributed by atoms with Crippen LogP contribution in [0.25, 0.3) is 0 Å². The highest BCUT2D eigenvalue weighted by Gasteiger charge is 2.20. The van der Waals surface area contributed by atoms with E-state index in [2.05, 4.69) is 9.88 Å². The number of anilines is 1. The van der Waals surface area contributed by atoms with E-state index in [1.54, 1.807) is 6.20 Å². The van der Waals surface area contributed by atoms with Gasteiger partial charge in [-0.2, -0.15) is 0 Å². The SMILES string of the molecule is NCC[C@@H](O)c1cccnc1N1CCCC1. The highest BCUT2D eigenvalue weighted by atomic mass is 16.3. The highest BCUT2D eigenvalue weighted by Crippen LogP contribution is 2.27. The Morgan fingerprint density at radius 2 is 2.19 bits per heavy atom. The zero-order valence-electron chi connectivity index (χ0n) is 9.47. The Bertz CT molecular complexity index is 337. The Hall–Kier alpha value is -1.13. The predicted molar refractivity (Wildman–Crippen MR) is 64.3 cm³/mol. The monoisotopic (exact) mass is 221 g/mol. The fourth-order valence-electron chi connectivity index (χ4n) is 2.18. The van der Waals surface area contributed by atoms with Crippen LogP contribution in [0.1, 0.15) is 30.9 Å². The second-order valence-electron chi connectivity index (χ2n) is 4.20. The molecule has 2 heterocycles. The summed E-state index contributed by atoms with van der Waals surface area (Å²) in [4.78, 5) is 6.63. The van der Waals surface area contributed by atoms with Crippen molar-refractivity contribution in [1.82, 2.24) is 4.98 Å². The number of pyridine rings is 1. The lowest BCUT2D eigenvalue weighted by Crippen LogP contribution is -2.22. The van der Waals surface area contributed by atoms with Gasteiger partial charge in [0.05, 0.1) is 6.10 Å². The molecule has 1 atom stereocenters. The lowest BCUT2D eigenvalue weighted by molar-refractivity contribution is 0.170. The van der Waals surface area contributed by atoms with Gasteiger partial charge in [-0.05, 0) is 31.9 Å². The van der Waals surface area contributed by atoms with Gasteiger partial charge in [0.1, 0.15) is 5.82 Å². The van der Waals surface area contributed by atoms with Crippen LogP contribution in [0.4, 0.5) is 5.82 Å². The standard InChI is InChI=1S/C12H19N3O/c13-6-5-11(16)10-4-3-7-14-12(10)15-8-1-2-9-15/h3-4,7,11,16H,1-2,5-6,8-9,13H2/t11-/m1/s1. The maximum absolute atomic E-state index is 10.0. The molecule has 0 radical (unpaired) electrons. The van der Waals surface area contributed by atoms with Crippen LogP contribution >= 0.6 is 0 Å². The lowest BCUT2D eigenvalue weighted by atomic mass is 10.1. The fraction of sp³-hybridized carbons (Fsp3) is 0.583. The summed E-state index contributed by atoms with van der Waals surface area (Å²) in [5.41, 5.74) is 6.39. The number of hydrogen-bond acceptors (Lipinski definition) is 4. The quantitative estimate of drug-likeness (QED) is 0.798. The van der Waals surface area contributed by atoms with E-state index in [1.807, 2.05) is 12.1 Å². The second kappa shape index (κ2) is 5.27. The van der Waals surface area contributed by atoms with Gasteiger partial charge >= 0.3 is 0 Å². The molecule has 0 amide bonds. The van der Waals surface area contributed by atoms with Gasteiger partial charge in [0.2, 0.25) is 0 Å². The summed E-state index contributed by atoms with van der Waals surface area (Å²) in [5.74, 6) is 0.931. The molecule has 2 rings (SSSR count). The van der Waals surface area contributed by atoms with E-state index in [0.29, 0.717) is 13.0 Å². The van der Waals surface area contributed by atoms with Gasteiger partial charge in [-0.3, -0.25) is 0 Å². The molecule has 1 aliphatic rings. The van der Waals surface area contributed by atoms with Gasteiger partial charge in [-0.15, -0.1) is 0 Å². The number of nitrogens with two attached hydrogens (primary N) is 1. The molecule has 0 bridgehead atoms. The molecular formula is C12H19N3O. The zero-order chi connectivity index (χ0) is 11.4. The summed E-state index contributed by atoms with van der Waals surface area (Å²) in [7, 11) is 0. The van der Waals surface area contributed by atoms with Crippen molar-refractivity contribution in [3.8, 4) is 0 Å². The summed E-state index contributed by atoms with van der Waals surface area (Å²) in [6.45, 7) is 2.58. The van der Waals surface area contributed by atoms with Crippen molar-refractivity contribution in [2.45, 2.75) is 25.4 Å². The molecule has 4 nitrogen and oxygen atoms in total. The molecule has 0 aromatic carbocycles. The maximum Gasteiger partial charge on any atom is 0.134 e. The van der Waals surface area contributed by atoms with Crippen molar-refractivity contribution in [2.75, 3.05) is 24.5 Å². The minimum absolute atomic E-state index is 0.491. The van der Waals surface area contributed by atoms with Gasteiger partial charge in [-0.25, -0.2) is 4.98 Å². The van der Waals surface area contributed by atoms with Crippen LogP contribution < -0.4 is 10.6 Å². The van der Waals surface area contributed by atoms with E-state index >= 15 is 0 Å². The fourth-order valence-corrected chi connectivity index (χ4v) is 2.18. The van der Waals surface area contributed by atoms with Crippen molar-refractivity contribution >= 4 is 5.82 Å². The second-order valence-corrected chi connectivity index (χ2v) is 4.20. The smallest absolute Gasteiger partial charge is 0.134 e. The van der Waals surface area contributed by atoms with Gasteiger partial charge in [-0.1, -0.05) is 6.07 Å². The number of aliphatic hydroxyl groups excluding tert-OH is 1. The van der Waals surface area contributed by atoms with Crippen molar-refractivity contribution in [3.05, 3.63) is 23.9 Å². The summed E-state index contributed by atoms with van der Waals surface area (Å²) < 4.78 is 0. The Morgan fingerprint density at radius 1 is 1.44 bits per heavy atom. The molecule has 1 aromatic rings. The first kappa shape index (κ1) is 11.4. The largest absolute Gasteiger partial charge is 0.388 e. The van der Waals surface area contributed by atoms with Crippen LogP contribution in [0.5, 0.6) is 0 Å². The van der Waals surface area contributed by atoms with E-state index in [1.165, 1.54) is 12.8 Å². The number of aromatic nitrogens is 1. The molecule has 1 fully saturated rings. The molecule has 0 spiro atoms. The molecule has 1 saturated heterocycles. The van der Waals surface area contributed by atoms with Crippen LogP contribution in [-0.4, -0.2) is 29.7 Å². The average molecular weight is 221 g/mol. The zero-order valence-corrected chi connectivity index (χ0v) is 9.47. The number of nitrogens with zero attached hydrogens (tertiary/aromatic N) is 2. The molecule has 4 heteroatoms. The molecule has 0 unspecified atom stereocenters. The normalized spacial score (nSPS) is 17.8.